The number of aromatic nitrogens is 2. The average molecular weight is 477 g/mol. The maximum atomic E-state index is 12.6. The molecule has 0 saturated heterocycles. The van der Waals surface area contributed by atoms with Gasteiger partial charge in [-0.3, -0.25) is 14.3 Å². The standard InChI is InChI=1S/C26H28N4O5/c1-29(13-7-12-24(31)32)25(33)23-14-17(28-30(23)2)15-27-26(34)35-16-22-20-10-5-3-8-18(20)19-9-4-6-11-21(19)22/h3-6,8-11,14,22H,7,12-13,15-16H2,1-2H3,(H,27,34)(H,31,32). The molecule has 9 heteroatoms. The Bertz CT molecular complexity index is 1210. The van der Waals surface area contributed by atoms with Gasteiger partial charge in [0.1, 0.15) is 12.3 Å². The summed E-state index contributed by atoms with van der Waals surface area (Å²) < 4.78 is 6.99. The number of hydrogen-bond donors (Lipinski definition) is 2. The molecule has 2 amide bonds. The monoisotopic (exact) mass is 476 g/mol. The molecule has 4 rings (SSSR count). The van der Waals surface area contributed by atoms with Gasteiger partial charge in [0.05, 0.1) is 12.2 Å². The van der Waals surface area contributed by atoms with Gasteiger partial charge in [0.15, 0.2) is 0 Å². The number of alkyl carbamates (subject to hydrolysis) is 1. The van der Waals surface area contributed by atoms with Crippen molar-refractivity contribution < 1.29 is 24.2 Å². The number of fused-ring (bicyclic) bond motifs is 3. The molecule has 35 heavy (non-hydrogen) atoms. The second kappa shape index (κ2) is 10.4. The first kappa shape index (κ1) is 24.0. The minimum Gasteiger partial charge on any atom is -0.481 e. The second-order valence-electron chi connectivity index (χ2n) is 8.55. The maximum absolute atomic E-state index is 12.6. The molecule has 0 atom stereocenters. The van der Waals surface area contributed by atoms with Crippen LogP contribution < -0.4 is 5.32 Å². The minimum absolute atomic E-state index is 0.00167. The highest BCUT2D eigenvalue weighted by Gasteiger charge is 2.29. The molecule has 0 saturated carbocycles. The summed E-state index contributed by atoms with van der Waals surface area (Å²) in [6.45, 7) is 0.650. The average Bonchev–Trinajstić information content (AvgIpc) is 3.38. The van der Waals surface area contributed by atoms with Crippen LogP contribution in [-0.2, 0) is 23.1 Å². The van der Waals surface area contributed by atoms with E-state index in [9.17, 15) is 14.4 Å². The van der Waals surface area contributed by atoms with Gasteiger partial charge in [0.2, 0.25) is 0 Å². The van der Waals surface area contributed by atoms with Gasteiger partial charge in [-0.15, -0.1) is 0 Å². The van der Waals surface area contributed by atoms with Gasteiger partial charge in [0.25, 0.3) is 5.91 Å². The van der Waals surface area contributed by atoms with Crippen LogP contribution in [0.3, 0.4) is 0 Å². The van der Waals surface area contributed by atoms with Gasteiger partial charge < -0.3 is 20.1 Å². The molecular weight excluding hydrogens is 448 g/mol. The number of hydrogen-bond acceptors (Lipinski definition) is 5. The van der Waals surface area contributed by atoms with E-state index >= 15 is 0 Å². The van der Waals surface area contributed by atoms with Crippen molar-refractivity contribution in [2.45, 2.75) is 25.3 Å². The first-order valence-corrected chi connectivity index (χ1v) is 11.4. The van der Waals surface area contributed by atoms with E-state index in [1.54, 1.807) is 20.2 Å². The first-order valence-electron chi connectivity index (χ1n) is 11.4. The smallest absolute Gasteiger partial charge is 0.407 e. The Labute approximate surface area is 203 Å². The van der Waals surface area contributed by atoms with Gasteiger partial charge in [-0.05, 0) is 34.7 Å². The van der Waals surface area contributed by atoms with Gasteiger partial charge in [-0.1, -0.05) is 48.5 Å². The Morgan fingerprint density at radius 1 is 1.09 bits per heavy atom. The van der Waals surface area contributed by atoms with E-state index in [1.165, 1.54) is 9.58 Å². The van der Waals surface area contributed by atoms with E-state index in [-0.39, 0.29) is 31.4 Å². The molecule has 9 nitrogen and oxygen atoms in total. The largest absolute Gasteiger partial charge is 0.481 e. The van der Waals surface area contributed by atoms with Crippen LogP contribution in [0.5, 0.6) is 0 Å². The number of nitrogens with one attached hydrogen (secondary N) is 1. The summed E-state index contributed by atoms with van der Waals surface area (Å²) in [5.41, 5.74) is 5.48. The minimum atomic E-state index is -0.895. The van der Waals surface area contributed by atoms with Gasteiger partial charge in [-0.25, -0.2) is 4.79 Å². The summed E-state index contributed by atoms with van der Waals surface area (Å²) in [6, 6.07) is 17.9. The molecule has 2 aromatic carbocycles. The molecule has 0 spiro atoms. The Hall–Kier alpha value is -4.14. The maximum Gasteiger partial charge on any atom is 0.407 e. The fourth-order valence-corrected chi connectivity index (χ4v) is 4.39. The predicted octanol–water partition coefficient (Wildman–Crippen LogP) is 3.40. The SMILES string of the molecule is CN(CCCC(=O)O)C(=O)c1cc(CNC(=O)OCC2c3ccccc3-c3ccccc32)nn1C. The van der Waals surface area contributed by atoms with Gasteiger partial charge in [0, 0.05) is 33.0 Å². The number of benzene rings is 2. The molecule has 0 unspecified atom stereocenters. The van der Waals surface area contributed by atoms with Crippen molar-refractivity contribution in [2.75, 3.05) is 20.2 Å². The number of ether oxygens (including phenoxy) is 1. The van der Waals surface area contributed by atoms with Crippen LogP contribution in [0.4, 0.5) is 4.79 Å². The van der Waals surface area contributed by atoms with E-state index in [0.29, 0.717) is 24.4 Å². The summed E-state index contributed by atoms with van der Waals surface area (Å²) in [4.78, 5) is 37.2. The van der Waals surface area contributed by atoms with Gasteiger partial charge in [-0.2, -0.15) is 5.10 Å². The number of aryl methyl sites for hydroxylation is 1. The van der Waals surface area contributed by atoms with Gasteiger partial charge >= 0.3 is 12.1 Å². The van der Waals surface area contributed by atoms with Crippen LogP contribution in [0.15, 0.2) is 54.6 Å². The number of carboxylic acids is 1. The summed E-state index contributed by atoms with van der Waals surface area (Å²) in [7, 11) is 3.26. The summed E-state index contributed by atoms with van der Waals surface area (Å²) in [6.07, 6.45) is -0.194. The lowest BCUT2D eigenvalue weighted by Gasteiger charge is -2.16. The lowest BCUT2D eigenvalue weighted by Crippen LogP contribution is -2.29. The molecule has 0 fully saturated rings. The molecule has 0 aliphatic heterocycles. The highest BCUT2D eigenvalue weighted by molar-refractivity contribution is 5.92. The normalized spacial score (nSPS) is 12.1. The first-order chi connectivity index (χ1) is 16.8. The number of aliphatic carboxylic acids is 1. The highest BCUT2D eigenvalue weighted by atomic mass is 16.5. The zero-order chi connectivity index (χ0) is 24.9. The summed E-state index contributed by atoms with van der Waals surface area (Å²) in [5.74, 6) is -1.19. The second-order valence-corrected chi connectivity index (χ2v) is 8.55. The molecule has 0 bridgehead atoms. The zero-order valence-electron chi connectivity index (χ0n) is 19.7. The Balaban J connectivity index is 1.31. The summed E-state index contributed by atoms with van der Waals surface area (Å²) in [5, 5.41) is 15.8. The molecule has 2 N–H and O–H groups in total. The Kier molecular flexibility index (Phi) is 7.14. The molecule has 1 aliphatic carbocycles. The molecule has 182 valence electrons. The quantitative estimate of drug-likeness (QED) is 0.489. The van der Waals surface area contributed by atoms with Crippen molar-refractivity contribution in [2.24, 2.45) is 7.05 Å². The fourth-order valence-electron chi connectivity index (χ4n) is 4.39. The zero-order valence-corrected chi connectivity index (χ0v) is 19.7. The number of amides is 2. The predicted molar refractivity (Wildman–Crippen MR) is 129 cm³/mol. The lowest BCUT2D eigenvalue weighted by molar-refractivity contribution is -0.137. The Morgan fingerprint density at radius 2 is 1.71 bits per heavy atom. The number of carbonyl (C=O) groups excluding carboxylic acids is 2. The van der Waals surface area contributed by atoms with E-state index in [1.807, 2.05) is 24.3 Å². The number of carboxylic acid groups (broad SMARTS) is 1. The van der Waals surface area contributed by atoms with E-state index in [4.69, 9.17) is 9.84 Å². The van der Waals surface area contributed by atoms with Crippen LogP contribution in [0.2, 0.25) is 0 Å². The van der Waals surface area contributed by atoms with E-state index in [2.05, 4.69) is 34.7 Å². The van der Waals surface area contributed by atoms with Crippen molar-refractivity contribution in [3.8, 4) is 11.1 Å². The van der Waals surface area contributed by atoms with Crippen LogP contribution in [0.25, 0.3) is 11.1 Å². The van der Waals surface area contributed by atoms with E-state index in [0.717, 1.165) is 22.3 Å². The highest BCUT2D eigenvalue weighted by Crippen LogP contribution is 2.44. The third-order valence-corrected chi connectivity index (χ3v) is 6.14. The lowest BCUT2D eigenvalue weighted by atomic mass is 9.98. The number of rotatable bonds is 9. The van der Waals surface area contributed by atoms with Crippen molar-refractivity contribution in [3.63, 3.8) is 0 Å². The number of carbonyl (C=O) groups is 3. The Morgan fingerprint density at radius 3 is 2.34 bits per heavy atom. The molecule has 0 radical (unpaired) electrons. The van der Waals surface area contributed by atoms with E-state index < -0.39 is 12.1 Å². The van der Waals surface area contributed by atoms with Crippen molar-refractivity contribution >= 4 is 18.0 Å². The molecule has 1 aliphatic rings. The molecular formula is C26H28N4O5. The molecule has 3 aromatic rings. The molecule has 1 heterocycles. The van der Waals surface area contributed by atoms with Crippen LogP contribution in [-0.4, -0.2) is 58.0 Å². The topological polar surface area (TPSA) is 114 Å². The summed E-state index contributed by atoms with van der Waals surface area (Å²) >= 11 is 0. The van der Waals surface area contributed by atoms with Crippen molar-refractivity contribution in [3.05, 3.63) is 77.1 Å². The molecule has 1 aromatic heterocycles. The van der Waals surface area contributed by atoms with Crippen LogP contribution in [0, 0.1) is 0 Å². The van der Waals surface area contributed by atoms with Crippen LogP contribution in [0.1, 0.15) is 46.1 Å². The fraction of sp³-hybridized carbons (Fsp3) is 0.308. The third kappa shape index (κ3) is 5.34. The third-order valence-electron chi connectivity index (χ3n) is 6.14. The van der Waals surface area contributed by atoms with Crippen molar-refractivity contribution in [1.82, 2.24) is 20.0 Å². The number of nitrogens with zero attached hydrogens (tertiary/aromatic N) is 3. The van der Waals surface area contributed by atoms with Crippen molar-refractivity contribution in [1.29, 1.82) is 0 Å². The van der Waals surface area contributed by atoms with Crippen LogP contribution >= 0.6 is 0 Å².